The Balaban J connectivity index is 1.71. The van der Waals surface area contributed by atoms with Gasteiger partial charge in [0.2, 0.25) is 5.91 Å². The van der Waals surface area contributed by atoms with Crippen LogP contribution in [-0.4, -0.2) is 37.5 Å². The normalized spacial score (nSPS) is 12.3. The van der Waals surface area contributed by atoms with E-state index in [4.69, 9.17) is 0 Å². The minimum absolute atomic E-state index is 0.154. The van der Waals surface area contributed by atoms with Gasteiger partial charge in [0.1, 0.15) is 0 Å². The fourth-order valence-corrected chi connectivity index (χ4v) is 3.27. The number of nitrogens with zero attached hydrogens (tertiary/aromatic N) is 1. The summed E-state index contributed by atoms with van der Waals surface area (Å²) in [7, 11) is 4.13. The standard InChI is InChI=1S/C19H26N2OS/c1-21(2)17(14-16-8-4-3-5-9-16)15-20-19(22)12-6-10-18-11-7-13-23-18/h3-5,7-9,11,13,17H,6,10,12,14-15H2,1-2H3,(H,20,22). The number of likely N-dealkylation sites (N-methyl/N-ethyl adjacent to an activating group) is 1. The van der Waals surface area contributed by atoms with E-state index < -0.39 is 0 Å². The van der Waals surface area contributed by atoms with Crippen LogP contribution in [0.3, 0.4) is 0 Å². The third-order valence-corrected chi connectivity index (χ3v) is 4.92. The number of hydrogen-bond donors (Lipinski definition) is 1. The maximum Gasteiger partial charge on any atom is 0.220 e. The highest BCUT2D eigenvalue weighted by Gasteiger charge is 2.13. The summed E-state index contributed by atoms with van der Waals surface area (Å²) in [5, 5.41) is 5.17. The molecule has 0 aliphatic carbocycles. The van der Waals surface area contributed by atoms with Crippen LogP contribution in [0.25, 0.3) is 0 Å². The van der Waals surface area contributed by atoms with Gasteiger partial charge in [0, 0.05) is 23.9 Å². The highest BCUT2D eigenvalue weighted by atomic mass is 32.1. The van der Waals surface area contributed by atoms with Gasteiger partial charge < -0.3 is 10.2 Å². The number of carbonyl (C=O) groups is 1. The molecule has 1 amide bonds. The Bertz CT molecular complexity index is 566. The zero-order chi connectivity index (χ0) is 16.5. The molecule has 0 aliphatic rings. The Morgan fingerprint density at radius 3 is 2.61 bits per heavy atom. The highest BCUT2D eigenvalue weighted by molar-refractivity contribution is 7.09. The summed E-state index contributed by atoms with van der Waals surface area (Å²) in [6, 6.07) is 14.9. The third kappa shape index (κ3) is 6.55. The molecule has 1 aromatic heterocycles. The number of carbonyl (C=O) groups excluding carboxylic acids is 1. The zero-order valence-corrected chi connectivity index (χ0v) is 14.8. The van der Waals surface area contributed by atoms with E-state index in [-0.39, 0.29) is 5.91 Å². The lowest BCUT2D eigenvalue weighted by Gasteiger charge is -2.24. The second-order valence-electron chi connectivity index (χ2n) is 6.04. The number of hydrogen-bond acceptors (Lipinski definition) is 3. The van der Waals surface area contributed by atoms with Crippen molar-refractivity contribution in [3.05, 3.63) is 58.3 Å². The van der Waals surface area contributed by atoms with Crippen LogP contribution >= 0.6 is 11.3 Å². The van der Waals surface area contributed by atoms with Gasteiger partial charge in [0.05, 0.1) is 0 Å². The molecule has 4 heteroatoms. The van der Waals surface area contributed by atoms with E-state index in [0.717, 1.165) is 19.3 Å². The second-order valence-corrected chi connectivity index (χ2v) is 7.08. The van der Waals surface area contributed by atoms with E-state index >= 15 is 0 Å². The summed E-state index contributed by atoms with van der Waals surface area (Å²) in [4.78, 5) is 15.6. The van der Waals surface area contributed by atoms with Crippen LogP contribution in [0.4, 0.5) is 0 Å². The fraction of sp³-hybridized carbons (Fsp3) is 0.421. The monoisotopic (exact) mass is 330 g/mol. The maximum atomic E-state index is 12.0. The van der Waals surface area contributed by atoms with E-state index in [1.807, 2.05) is 6.07 Å². The van der Waals surface area contributed by atoms with E-state index in [2.05, 4.69) is 66.1 Å². The van der Waals surface area contributed by atoms with Gasteiger partial charge in [-0.2, -0.15) is 0 Å². The van der Waals surface area contributed by atoms with E-state index in [1.165, 1.54) is 10.4 Å². The summed E-state index contributed by atoms with van der Waals surface area (Å²) in [6.45, 7) is 0.694. The number of rotatable bonds is 9. The summed E-state index contributed by atoms with van der Waals surface area (Å²) in [5.41, 5.74) is 1.30. The first-order chi connectivity index (χ1) is 11.1. The molecule has 0 saturated heterocycles. The minimum atomic E-state index is 0.154. The van der Waals surface area contributed by atoms with Crippen LogP contribution in [-0.2, 0) is 17.6 Å². The number of nitrogens with one attached hydrogen (secondary N) is 1. The highest BCUT2D eigenvalue weighted by Crippen LogP contribution is 2.12. The molecule has 1 heterocycles. The van der Waals surface area contributed by atoms with Crippen molar-refractivity contribution in [2.45, 2.75) is 31.7 Å². The number of thiophene rings is 1. The Hall–Kier alpha value is -1.65. The first-order valence-corrected chi connectivity index (χ1v) is 9.02. The van der Waals surface area contributed by atoms with Gasteiger partial charge in [0.25, 0.3) is 0 Å². The lowest BCUT2D eigenvalue weighted by molar-refractivity contribution is -0.121. The minimum Gasteiger partial charge on any atom is -0.355 e. The first-order valence-electron chi connectivity index (χ1n) is 8.14. The van der Waals surface area contributed by atoms with Gasteiger partial charge in [0.15, 0.2) is 0 Å². The van der Waals surface area contributed by atoms with Crippen molar-refractivity contribution < 1.29 is 4.79 Å². The van der Waals surface area contributed by atoms with Gasteiger partial charge in [-0.1, -0.05) is 36.4 Å². The molecule has 1 aromatic carbocycles. The Morgan fingerprint density at radius 2 is 1.96 bits per heavy atom. The van der Waals surface area contributed by atoms with E-state index in [9.17, 15) is 4.79 Å². The molecule has 0 aliphatic heterocycles. The van der Waals surface area contributed by atoms with Crippen molar-refractivity contribution >= 4 is 17.2 Å². The smallest absolute Gasteiger partial charge is 0.220 e. The Kier molecular flexibility index (Phi) is 7.30. The lowest BCUT2D eigenvalue weighted by Crippen LogP contribution is -2.41. The van der Waals surface area contributed by atoms with Gasteiger partial charge >= 0.3 is 0 Å². The van der Waals surface area contributed by atoms with E-state index in [0.29, 0.717) is 19.0 Å². The number of benzene rings is 1. The Morgan fingerprint density at radius 1 is 1.17 bits per heavy atom. The fourth-order valence-electron chi connectivity index (χ4n) is 2.52. The summed E-state index contributed by atoms with van der Waals surface area (Å²) < 4.78 is 0. The van der Waals surface area contributed by atoms with Crippen molar-refractivity contribution in [2.24, 2.45) is 0 Å². The van der Waals surface area contributed by atoms with E-state index in [1.54, 1.807) is 11.3 Å². The van der Waals surface area contributed by atoms with Crippen molar-refractivity contribution in [1.82, 2.24) is 10.2 Å². The molecule has 0 spiro atoms. The molecule has 23 heavy (non-hydrogen) atoms. The first kappa shape index (κ1) is 17.7. The van der Waals surface area contributed by atoms with Gasteiger partial charge in [-0.3, -0.25) is 4.79 Å². The third-order valence-electron chi connectivity index (χ3n) is 3.99. The molecule has 1 atom stereocenters. The molecular weight excluding hydrogens is 304 g/mol. The topological polar surface area (TPSA) is 32.3 Å². The summed E-state index contributed by atoms with van der Waals surface area (Å²) >= 11 is 1.76. The predicted molar refractivity (Wildman–Crippen MR) is 97.9 cm³/mol. The SMILES string of the molecule is CN(C)C(CNC(=O)CCCc1cccs1)Cc1ccccc1. The molecule has 2 rings (SSSR count). The number of amides is 1. The van der Waals surface area contributed by atoms with Crippen molar-refractivity contribution in [1.29, 1.82) is 0 Å². The van der Waals surface area contributed by atoms with Gasteiger partial charge in [-0.15, -0.1) is 11.3 Å². The molecule has 0 saturated carbocycles. The molecule has 1 unspecified atom stereocenters. The van der Waals surface area contributed by atoms with Crippen LogP contribution in [0, 0.1) is 0 Å². The van der Waals surface area contributed by atoms with Gasteiger partial charge in [-0.05, 0) is 50.4 Å². The quantitative estimate of drug-likeness (QED) is 0.764. The zero-order valence-electron chi connectivity index (χ0n) is 14.0. The molecule has 124 valence electrons. The van der Waals surface area contributed by atoms with Gasteiger partial charge in [-0.25, -0.2) is 0 Å². The molecule has 0 bridgehead atoms. The van der Waals surface area contributed by atoms with Crippen molar-refractivity contribution in [3.63, 3.8) is 0 Å². The average molecular weight is 330 g/mol. The average Bonchev–Trinajstić information content (AvgIpc) is 3.05. The molecule has 3 nitrogen and oxygen atoms in total. The van der Waals surface area contributed by atoms with Crippen molar-refractivity contribution in [3.8, 4) is 0 Å². The molecule has 2 aromatic rings. The van der Waals surface area contributed by atoms with Crippen LogP contribution in [0.5, 0.6) is 0 Å². The van der Waals surface area contributed by atoms with Crippen LogP contribution in [0.2, 0.25) is 0 Å². The van der Waals surface area contributed by atoms with Crippen LogP contribution < -0.4 is 5.32 Å². The lowest BCUT2D eigenvalue weighted by atomic mass is 10.1. The Labute approximate surface area is 143 Å². The van der Waals surface area contributed by atoms with Crippen LogP contribution in [0.15, 0.2) is 47.8 Å². The molecule has 1 N–H and O–H groups in total. The molecule has 0 fully saturated rings. The second kappa shape index (κ2) is 9.48. The maximum absolute atomic E-state index is 12.0. The van der Waals surface area contributed by atoms with Crippen molar-refractivity contribution in [2.75, 3.05) is 20.6 Å². The summed E-state index contributed by atoms with van der Waals surface area (Å²) in [6.07, 6.45) is 3.45. The van der Waals surface area contributed by atoms with Crippen LogP contribution in [0.1, 0.15) is 23.3 Å². The molecule has 0 radical (unpaired) electrons. The predicted octanol–water partition coefficient (Wildman–Crippen LogP) is 3.36. The summed E-state index contributed by atoms with van der Waals surface area (Å²) in [5.74, 6) is 0.154. The number of aryl methyl sites for hydroxylation is 1. The largest absolute Gasteiger partial charge is 0.355 e. The molecular formula is C19H26N2OS.